The molecule has 0 radical (unpaired) electrons. The van der Waals surface area contributed by atoms with Crippen LogP contribution in [0.5, 0.6) is 11.5 Å². The number of hydrogen-bond donors (Lipinski definition) is 1. The third kappa shape index (κ3) is 3.93. The maximum Gasteiger partial charge on any atom is 0.241 e. The van der Waals surface area contributed by atoms with E-state index in [9.17, 15) is 8.42 Å². The molecule has 0 aliphatic carbocycles. The lowest BCUT2D eigenvalue weighted by molar-refractivity contribution is 0.0702. The minimum atomic E-state index is -3.67. The van der Waals surface area contributed by atoms with Crippen LogP contribution in [0.15, 0.2) is 47.4 Å². The first-order valence-corrected chi connectivity index (χ1v) is 10.4. The van der Waals surface area contributed by atoms with Gasteiger partial charge in [-0.25, -0.2) is 13.1 Å². The molecule has 1 N–H and O–H groups in total. The Balaban J connectivity index is 1.94. The van der Waals surface area contributed by atoms with Crippen molar-refractivity contribution >= 4 is 32.6 Å². The van der Waals surface area contributed by atoms with Crippen molar-refractivity contribution in [2.24, 2.45) is 0 Å². The van der Waals surface area contributed by atoms with Gasteiger partial charge in [-0.1, -0.05) is 18.2 Å². The van der Waals surface area contributed by atoms with E-state index in [2.05, 4.69) is 27.3 Å². The van der Waals surface area contributed by atoms with Crippen molar-refractivity contribution in [2.75, 3.05) is 7.11 Å². The molecule has 0 saturated heterocycles. The molecule has 0 fully saturated rings. The van der Waals surface area contributed by atoms with E-state index in [1.807, 2.05) is 38.1 Å². The summed E-state index contributed by atoms with van der Waals surface area (Å²) in [6.45, 7) is 3.92. The first-order chi connectivity index (χ1) is 11.7. The van der Waals surface area contributed by atoms with Gasteiger partial charge in [-0.05, 0) is 60.7 Å². The topological polar surface area (TPSA) is 64.6 Å². The fourth-order valence-electron chi connectivity index (χ4n) is 2.98. The van der Waals surface area contributed by atoms with Gasteiger partial charge in [-0.2, -0.15) is 0 Å². The van der Waals surface area contributed by atoms with Gasteiger partial charge >= 0.3 is 0 Å². The van der Waals surface area contributed by atoms with Crippen LogP contribution < -0.4 is 14.2 Å². The van der Waals surface area contributed by atoms with Gasteiger partial charge in [0.1, 0.15) is 17.1 Å². The number of methoxy groups -OCH3 is 1. The van der Waals surface area contributed by atoms with Crippen LogP contribution in [-0.2, 0) is 10.0 Å². The van der Waals surface area contributed by atoms with Crippen molar-refractivity contribution in [1.82, 2.24) is 4.72 Å². The summed E-state index contributed by atoms with van der Waals surface area (Å²) in [5.74, 6) is 1.37. The maximum absolute atomic E-state index is 12.9. The predicted octanol–water partition coefficient (Wildman–Crippen LogP) is 3.88. The van der Waals surface area contributed by atoms with Crippen LogP contribution in [0, 0.1) is 3.57 Å². The fourth-order valence-corrected chi connectivity index (χ4v) is 5.16. The minimum Gasteiger partial charge on any atom is -0.496 e. The van der Waals surface area contributed by atoms with Crippen molar-refractivity contribution in [1.29, 1.82) is 0 Å². The molecule has 3 rings (SSSR count). The third-order valence-electron chi connectivity index (χ3n) is 4.11. The van der Waals surface area contributed by atoms with Crippen LogP contribution in [0.3, 0.4) is 0 Å². The molecule has 1 atom stereocenters. The lowest BCUT2D eigenvalue weighted by Gasteiger charge is -2.37. The highest BCUT2D eigenvalue weighted by Gasteiger charge is 2.36. The molecule has 7 heteroatoms. The second-order valence-corrected chi connectivity index (χ2v) is 9.45. The highest BCUT2D eigenvalue weighted by Crippen LogP contribution is 2.40. The van der Waals surface area contributed by atoms with Gasteiger partial charge in [0.05, 0.1) is 21.6 Å². The molecular weight excluding hydrogens is 453 g/mol. The van der Waals surface area contributed by atoms with E-state index in [1.54, 1.807) is 25.3 Å². The number of hydrogen-bond acceptors (Lipinski definition) is 4. The molecule has 134 valence electrons. The van der Waals surface area contributed by atoms with E-state index in [0.717, 1.165) is 14.9 Å². The number of ether oxygens (including phenoxy) is 2. The molecule has 0 bridgehead atoms. The molecule has 0 saturated carbocycles. The van der Waals surface area contributed by atoms with Crippen molar-refractivity contribution in [2.45, 2.75) is 36.8 Å². The van der Waals surface area contributed by atoms with E-state index in [1.165, 1.54) is 0 Å². The predicted molar refractivity (Wildman–Crippen MR) is 105 cm³/mol. The lowest BCUT2D eigenvalue weighted by Crippen LogP contribution is -2.41. The molecule has 1 aliphatic heterocycles. The molecule has 2 aromatic rings. The number of nitrogens with one attached hydrogen (secondary N) is 1. The van der Waals surface area contributed by atoms with Crippen LogP contribution in [0.2, 0.25) is 0 Å². The average Bonchev–Trinajstić information content (AvgIpc) is 2.53. The van der Waals surface area contributed by atoms with E-state index in [4.69, 9.17) is 9.47 Å². The molecule has 0 amide bonds. The summed E-state index contributed by atoms with van der Waals surface area (Å²) in [6.07, 6.45) is 0.552. The SMILES string of the molecule is COc1ccc(S(=O)(=O)N[C@@H]2CC(C)(C)Oc3ccccc32)cc1I. The van der Waals surface area contributed by atoms with Gasteiger partial charge in [-0.15, -0.1) is 0 Å². The van der Waals surface area contributed by atoms with Gasteiger partial charge in [0.15, 0.2) is 0 Å². The van der Waals surface area contributed by atoms with Crippen LogP contribution >= 0.6 is 22.6 Å². The Bertz CT molecular complexity index is 896. The monoisotopic (exact) mass is 473 g/mol. The van der Waals surface area contributed by atoms with E-state index in [-0.39, 0.29) is 10.9 Å². The second kappa shape index (κ2) is 6.77. The van der Waals surface area contributed by atoms with Gasteiger partial charge in [0.25, 0.3) is 0 Å². The normalized spacial score (nSPS) is 19.0. The molecule has 0 unspecified atom stereocenters. The van der Waals surface area contributed by atoms with E-state index < -0.39 is 15.6 Å². The number of benzene rings is 2. The zero-order valence-corrected chi connectivity index (χ0v) is 17.2. The third-order valence-corrected chi connectivity index (χ3v) is 6.42. The number of rotatable bonds is 4. The highest BCUT2D eigenvalue weighted by molar-refractivity contribution is 14.1. The van der Waals surface area contributed by atoms with Crippen LogP contribution in [0.25, 0.3) is 0 Å². The van der Waals surface area contributed by atoms with E-state index >= 15 is 0 Å². The zero-order chi connectivity index (χ0) is 18.2. The van der Waals surface area contributed by atoms with E-state index in [0.29, 0.717) is 12.2 Å². The fraction of sp³-hybridized carbons (Fsp3) is 0.333. The number of para-hydroxylation sites is 1. The summed E-state index contributed by atoms with van der Waals surface area (Å²) in [5.41, 5.74) is 0.407. The Morgan fingerprint density at radius 3 is 2.64 bits per heavy atom. The molecule has 0 aromatic heterocycles. The van der Waals surface area contributed by atoms with Crippen molar-refractivity contribution < 1.29 is 17.9 Å². The molecular formula is C18H20INO4S. The number of halogens is 1. The summed E-state index contributed by atoms with van der Waals surface area (Å²) < 4.78 is 40.5. The first-order valence-electron chi connectivity index (χ1n) is 7.86. The molecule has 1 heterocycles. The minimum absolute atomic E-state index is 0.222. The van der Waals surface area contributed by atoms with Crippen LogP contribution in [-0.4, -0.2) is 21.1 Å². The molecule has 0 spiro atoms. The second-order valence-electron chi connectivity index (χ2n) is 6.57. The lowest BCUT2D eigenvalue weighted by atomic mass is 9.90. The smallest absolute Gasteiger partial charge is 0.241 e. The van der Waals surface area contributed by atoms with Crippen molar-refractivity contribution in [3.63, 3.8) is 0 Å². The van der Waals surface area contributed by atoms with Gasteiger partial charge in [0, 0.05) is 12.0 Å². The van der Waals surface area contributed by atoms with Crippen molar-refractivity contribution in [3.8, 4) is 11.5 Å². The van der Waals surface area contributed by atoms with Crippen LogP contribution in [0.4, 0.5) is 0 Å². The standard InChI is InChI=1S/C18H20INO4S/c1-18(2)11-15(13-6-4-5-7-16(13)24-18)20-25(21,22)12-8-9-17(23-3)14(19)10-12/h4-10,15,20H,11H2,1-3H3/t15-/m1/s1. The number of fused-ring (bicyclic) bond motifs is 1. The average molecular weight is 473 g/mol. The van der Waals surface area contributed by atoms with Crippen molar-refractivity contribution in [3.05, 3.63) is 51.6 Å². The molecule has 25 heavy (non-hydrogen) atoms. The number of sulfonamides is 1. The van der Waals surface area contributed by atoms with Crippen LogP contribution in [0.1, 0.15) is 31.9 Å². The zero-order valence-electron chi connectivity index (χ0n) is 14.2. The summed E-state index contributed by atoms with van der Waals surface area (Å²) >= 11 is 2.07. The molecule has 1 aliphatic rings. The highest BCUT2D eigenvalue weighted by atomic mass is 127. The molecule has 2 aromatic carbocycles. The Morgan fingerprint density at radius 1 is 1.24 bits per heavy atom. The first kappa shape index (κ1) is 18.5. The molecule has 5 nitrogen and oxygen atoms in total. The Morgan fingerprint density at radius 2 is 1.96 bits per heavy atom. The Labute approximate surface area is 161 Å². The largest absolute Gasteiger partial charge is 0.496 e. The quantitative estimate of drug-likeness (QED) is 0.685. The maximum atomic E-state index is 12.9. The summed E-state index contributed by atoms with van der Waals surface area (Å²) in [5, 5.41) is 0. The Kier molecular flexibility index (Phi) is 5.00. The summed E-state index contributed by atoms with van der Waals surface area (Å²) in [6, 6.07) is 12.0. The summed E-state index contributed by atoms with van der Waals surface area (Å²) in [7, 11) is -2.11. The summed E-state index contributed by atoms with van der Waals surface area (Å²) in [4.78, 5) is 0.222. The van der Waals surface area contributed by atoms with Gasteiger partial charge in [0.2, 0.25) is 10.0 Å². The Hall–Kier alpha value is -1.32. The van der Waals surface area contributed by atoms with Gasteiger partial charge in [-0.3, -0.25) is 0 Å². The van der Waals surface area contributed by atoms with Gasteiger partial charge < -0.3 is 9.47 Å².